The molecule has 0 bridgehead atoms. The summed E-state index contributed by atoms with van der Waals surface area (Å²) in [6.45, 7) is 3.00. The van der Waals surface area contributed by atoms with Gasteiger partial charge < -0.3 is 15.3 Å². The van der Waals surface area contributed by atoms with Crippen LogP contribution in [-0.2, 0) is 0 Å². The monoisotopic (exact) mass is 318 g/mol. The van der Waals surface area contributed by atoms with E-state index in [2.05, 4.69) is 5.32 Å². The Labute approximate surface area is 127 Å². The van der Waals surface area contributed by atoms with Crippen molar-refractivity contribution in [3.05, 3.63) is 35.4 Å². The van der Waals surface area contributed by atoms with Gasteiger partial charge in [0.05, 0.1) is 12.6 Å². The third-order valence-corrected chi connectivity index (χ3v) is 3.36. The number of carbonyl (C=O) groups excluding carboxylic acids is 1. The molecule has 1 rings (SSSR count). The molecule has 22 heavy (non-hydrogen) atoms. The molecule has 2 unspecified atom stereocenters. The van der Waals surface area contributed by atoms with Crippen molar-refractivity contribution in [3.63, 3.8) is 0 Å². The van der Waals surface area contributed by atoms with E-state index in [4.69, 9.17) is 5.11 Å². The highest BCUT2D eigenvalue weighted by Gasteiger charge is 2.39. The zero-order valence-electron chi connectivity index (χ0n) is 12.8. The number of aliphatic hydroxyl groups is 1. The molecule has 2 atom stereocenters. The van der Waals surface area contributed by atoms with Gasteiger partial charge in [0, 0.05) is 7.05 Å². The molecule has 4 nitrogen and oxygen atoms in total. The second kappa shape index (κ2) is 7.49. The first-order chi connectivity index (χ1) is 10.1. The molecule has 1 aromatic rings. The standard InChI is InChI=1S/C15H21F3N2O2/c1-4-12(11-7-5-10(2)6-8-11)19-14(22)20(3)9-13(21)15(16,17)18/h5-8,12-13,21H,4,9H2,1-3H3,(H,19,22). The van der Waals surface area contributed by atoms with Crippen molar-refractivity contribution in [2.45, 2.75) is 38.6 Å². The normalized spacial score (nSPS) is 14.3. The number of halogens is 3. The molecule has 1 aromatic carbocycles. The van der Waals surface area contributed by atoms with E-state index in [-0.39, 0.29) is 6.04 Å². The molecule has 0 aliphatic heterocycles. The Morgan fingerprint density at radius 3 is 2.32 bits per heavy atom. The highest BCUT2D eigenvalue weighted by molar-refractivity contribution is 5.74. The van der Waals surface area contributed by atoms with Crippen molar-refractivity contribution < 1.29 is 23.1 Å². The number of hydrogen-bond donors (Lipinski definition) is 2. The molecule has 0 fully saturated rings. The molecule has 0 spiro atoms. The molecule has 2 N–H and O–H groups in total. The smallest absolute Gasteiger partial charge is 0.382 e. The number of benzene rings is 1. The van der Waals surface area contributed by atoms with Crippen LogP contribution in [-0.4, -0.2) is 41.9 Å². The molecular formula is C15H21F3N2O2. The average molecular weight is 318 g/mol. The molecule has 0 saturated carbocycles. The first-order valence-electron chi connectivity index (χ1n) is 6.98. The lowest BCUT2D eigenvalue weighted by molar-refractivity contribution is -0.205. The number of nitrogens with zero attached hydrogens (tertiary/aromatic N) is 1. The lowest BCUT2D eigenvalue weighted by Crippen LogP contribution is -2.46. The fraction of sp³-hybridized carbons (Fsp3) is 0.533. The van der Waals surface area contributed by atoms with Gasteiger partial charge in [-0.1, -0.05) is 36.8 Å². The summed E-state index contributed by atoms with van der Waals surface area (Å²) >= 11 is 0. The van der Waals surface area contributed by atoms with E-state index in [0.29, 0.717) is 6.42 Å². The fourth-order valence-corrected chi connectivity index (χ4v) is 1.92. The van der Waals surface area contributed by atoms with Crippen LogP contribution in [0.1, 0.15) is 30.5 Å². The van der Waals surface area contributed by atoms with Crippen LogP contribution in [0.5, 0.6) is 0 Å². The predicted molar refractivity (Wildman–Crippen MR) is 77.4 cm³/mol. The summed E-state index contributed by atoms with van der Waals surface area (Å²) in [7, 11) is 1.21. The third kappa shape index (κ3) is 5.22. The van der Waals surface area contributed by atoms with E-state index in [1.807, 2.05) is 38.1 Å². The number of aliphatic hydroxyl groups excluding tert-OH is 1. The zero-order valence-corrected chi connectivity index (χ0v) is 12.8. The van der Waals surface area contributed by atoms with Crippen LogP contribution in [0.3, 0.4) is 0 Å². The lowest BCUT2D eigenvalue weighted by atomic mass is 10.0. The Morgan fingerprint density at radius 2 is 1.86 bits per heavy atom. The molecule has 0 aromatic heterocycles. The molecule has 0 heterocycles. The van der Waals surface area contributed by atoms with Gasteiger partial charge in [-0.2, -0.15) is 13.2 Å². The minimum Gasteiger partial charge on any atom is -0.382 e. The topological polar surface area (TPSA) is 52.6 Å². The van der Waals surface area contributed by atoms with Crippen LogP contribution in [0.25, 0.3) is 0 Å². The summed E-state index contributed by atoms with van der Waals surface area (Å²) in [4.78, 5) is 12.8. The van der Waals surface area contributed by atoms with Gasteiger partial charge in [-0.25, -0.2) is 4.79 Å². The number of hydrogen-bond acceptors (Lipinski definition) is 2. The molecule has 0 aliphatic rings. The number of aryl methyl sites for hydroxylation is 1. The van der Waals surface area contributed by atoms with Crippen molar-refractivity contribution in [2.24, 2.45) is 0 Å². The van der Waals surface area contributed by atoms with E-state index in [1.165, 1.54) is 7.05 Å². The maximum Gasteiger partial charge on any atom is 0.416 e. The Balaban J connectivity index is 2.66. The van der Waals surface area contributed by atoms with Gasteiger partial charge in [0.15, 0.2) is 6.10 Å². The van der Waals surface area contributed by atoms with Gasteiger partial charge in [-0.05, 0) is 18.9 Å². The maximum absolute atomic E-state index is 12.3. The van der Waals surface area contributed by atoms with Gasteiger partial charge >= 0.3 is 12.2 Å². The SMILES string of the molecule is CCC(NC(=O)N(C)CC(O)C(F)(F)F)c1ccc(C)cc1. The van der Waals surface area contributed by atoms with Crippen molar-refractivity contribution >= 4 is 6.03 Å². The zero-order chi connectivity index (χ0) is 16.9. The Kier molecular flexibility index (Phi) is 6.22. The Morgan fingerprint density at radius 1 is 1.32 bits per heavy atom. The molecular weight excluding hydrogens is 297 g/mol. The molecule has 124 valence electrons. The maximum atomic E-state index is 12.3. The third-order valence-electron chi connectivity index (χ3n) is 3.36. The number of alkyl halides is 3. The van der Waals surface area contributed by atoms with Crippen LogP contribution < -0.4 is 5.32 Å². The number of nitrogens with one attached hydrogen (secondary N) is 1. The van der Waals surface area contributed by atoms with Gasteiger partial charge in [-0.15, -0.1) is 0 Å². The Bertz CT molecular complexity index is 489. The largest absolute Gasteiger partial charge is 0.416 e. The molecule has 0 aliphatic carbocycles. The quantitative estimate of drug-likeness (QED) is 0.877. The predicted octanol–water partition coefficient (Wildman–Crippen LogP) is 3.01. The average Bonchev–Trinajstić information content (AvgIpc) is 2.44. The number of likely N-dealkylation sites (N-methyl/N-ethyl adjacent to an activating group) is 1. The summed E-state index contributed by atoms with van der Waals surface area (Å²) in [5, 5.41) is 11.7. The van der Waals surface area contributed by atoms with Crippen molar-refractivity contribution in [1.82, 2.24) is 10.2 Å². The van der Waals surface area contributed by atoms with Crippen LogP contribution >= 0.6 is 0 Å². The van der Waals surface area contributed by atoms with Crippen molar-refractivity contribution in [3.8, 4) is 0 Å². The first-order valence-corrected chi connectivity index (χ1v) is 6.98. The number of amides is 2. The van der Waals surface area contributed by atoms with Gasteiger partial charge in [0.2, 0.25) is 0 Å². The van der Waals surface area contributed by atoms with Crippen LogP contribution in [0.2, 0.25) is 0 Å². The minimum absolute atomic E-state index is 0.293. The molecule has 7 heteroatoms. The number of rotatable bonds is 5. The summed E-state index contributed by atoms with van der Waals surface area (Å²) in [5.74, 6) is 0. The molecule has 0 radical (unpaired) electrons. The number of urea groups is 1. The second-order valence-electron chi connectivity index (χ2n) is 5.26. The summed E-state index contributed by atoms with van der Waals surface area (Å²) < 4.78 is 36.9. The van der Waals surface area contributed by atoms with Crippen molar-refractivity contribution in [2.75, 3.05) is 13.6 Å². The van der Waals surface area contributed by atoms with Crippen LogP contribution in [0.4, 0.5) is 18.0 Å². The van der Waals surface area contributed by atoms with E-state index < -0.39 is 24.9 Å². The summed E-state index contributed by atoms with van der Waals surface area (Å²) in [6.07, 6.45) is -6.69. The van der Waals surface area contributed by atoms with Gasteiger partial charge in [-0.3, -0.25) is 0 Å². The molecule has 0 saturated heterocycles. The highest BCUT2D eigenvalue weighted by Crippen LogP contribution is 2.21. The van der Waals surface area contributed by atoms with Crippen molar-refractivity contribution in [1.29, 1.82) is 0 Å². The van der Waals surface area contributed by atoms with E-state index >= 15 is 0 Å². The van der Waals surface area contributed by atoms with Crippen LogP contribution in [0, 0.1) is 6.92 Å². The fourth-order valence-electron chi connectivity index (χ4n) is 1.92. The number of carbonyl (C=O) groups is 1. The minimum atomic E-state index is -4.74. The molecule has 2 amide bonds. The van der Waals surface area contributed by atoms with E-state index in [9.17, 15) is 18.0 Å². The van der Waals surface area contributed by atoms with E-state index in [0.717, 1.165) is 16.0 Å². The lowest BCUT2D eigenvalue weighted by Gasteiger charge is -2.25. The second-order valence-corrected chi connectivity index (χ2v) is 5.26. The Hall–Kier alpha value is -1.76. The summed E-state index contributed by atoms with van der Waals surface area (Å²) in [6, 6.07) is 6.60. The van der Waals surface area contributed by atoms with Gasteiger partial charge in [0.1, 0.15) is 0 Å². The van der Waals surface area contributed by atoms with Gasteiger partial charge in [0.25, 0.3) is 0 Å². The summed E-state index contributed by atoms with van der Waals surface area (Å²) in [5.41, 5.74) is 1.96. The first kappa shape index (κ1) is 18.3. The highest BCUT2D eigenvalue weighted by atomic mass is 19.4. The van der Waals surface area contributed by atoms with Crippen LogP contribution in [0.15, 0.2) is 24.3 Å². The van der Waals surface area contributed by atoms with E-state index in [1.54, 1.807) is 0 Å².